The smallest absolute Gasteiger partial charge is 0.0486 e. The molecule has 0 unspecified atom stereocenters. The Kier molecular flexibility index (Phi) is 5.71. The molecule has 0 bridgehead atoms. The lowest BCUT2D eigenvalue weighted by molar-refractivity contribution is 0.617. The van der Waals surface area contributed by atoms with Crippen LogP contribution in [0, 0.1) is 6.92 Å². The predicted molar refractivity (Wildman–Crippen MR) is 103 cm³/mol. The molecule has 2 aromatic carbocycles. The number of hydrogen-bond acceptors (Lipinski definition) is 1. The molecular formula is C22H28N2. The topological polar surface area (TPSA) is 17.0 Å². The van der Waals surface area contributed by atoms with Gasteiger partial charge >= 0.3 is 0 Å². The second-order valence-corrected chi connectivity index (χ2v) is 6.61. The van der Waals surface area contributed by atoms with Crippen LogP contribution in [0.25, 0.3) is 10.9 Å². The number of aromatic nitrogens is 1. The van der Waals surface area contributed by atoms with E-state index in [-0.39, 0.29) is 0 Å². The highest BCUT2D eigenvalue weighted by Gasteiger charge is 2.09. The number of para-hydroxylation sites is 1. The molecule has 1 aromatic heterocycles. The maximum Gasteiger partial charge on any atom is 0.0486 e. The third-order valence-electron chi connectivity index (χ3n) is 4.75. The summed E-state index contributed by atoms with van der Waals surface area (Å²) in [4.78, 5) is 0. The number of benzene rings is 2. The highest BCUT2D eigenvalue weighted by molar-refractivity contribution is 5.84. The quantitative estimate of drug-likeness (QED) is 0.559. The standard InChI is InChI=1S/C22H28N2/c1-3-4-9-14-23-15-20-17-24(22-13-8-7-12-21(20)22)16-19-11-6-5-10-18(19)2/h5-8,10-13,17,23H,3-4,9,14-16H2,1-2H3. The van der Waals surface area contributed by atoms with Gasteiger partial charge in [0.15, 0.2) is 0 Å². The Morgan fingerprint density at radius 2 is 1.71 bits per heavy atom. The van der Waals surface area contributed by atoms with Gasteiger partial charge in [-0.3, -0.25) is 0 Å². The summed E-state index contributed by atoms with van der Waals surface area (Å²) in [5, 5.41) is 4.97. The van der Waals surface area contributed by atoms with E-state index in [1.54, 1.807) is 0 Å². The first kappa shape index (κ1) is 16.8. The summed E-state index contributed by atoms with van der Waals surface area (Å²) in [6.07, 6.45) is 6.17. The van der Waals surface area contributed by atoms with Gasteiger partial charge in [-0.25, -0.2) is 0 Å². The minimum atomic E-state index is 0.934. The Hall–Kier alpha value is -2.06. The van der Waals surface area contributed by atoms with E-state index in [4.69, 9.17) is 0 Å². The van der Waals surface area contributed by atoms with Gasteiger partial charge in [-0.05, 0) is 42.6 Å². The van der Waals surface area contributed by atoms with E-state index in [0.29, 0.717) is 0 Å². The van der Waals surface area contributed by atoms with Crippen molar-refractivity contribution in [1.29, 1.82) is 0 Å². The lowest BCUT2D eigenvalue weighted by atomic mass is 10.1. The van der Waals surface area contributed by atoms with Crippen molar-refractivity contribution < 1.29 is 0 Å². The molecule has 0 atom stereocenters. The van der Waals surface area contributed by atoms with Gasteiger partial charge in [-0.2, -0.15) is 0 Å². The van der Waals surface area contributed by atoms with Gasteiger partial charge in [-0.1, -0.05) is 62.2 Å². The lowest BCUT2D eigenvalue weighted by Crippen LogP contribution is -2.14. The zero-order valence-electron chi connectivity index (χ0n) is 14.9. The summed E-state index contributed by atoms with van der Waals surface area (Å²) in [5.41, 5.74) is 5.47. The average molecular weight is 320 g/mol. The average Bonchev–Trinajstić information content (AvgIpc) is 2.95. The molecule has 1 heterocycles. The van der Waals surface area contributed by atoms with Crippen LogP contribution in [0.4, 0.5) is 0 Å². The van der Waals surface area contributed by atoms with Crippen LogP contribution in [0.5, 0.6) is 0 Å². The second kappa shape index (κ2) is 8.16. The van der Waals surface area contributed by atoms with Crippen molar-refractivity contribution in [2.75, 3.05) is 6.54 Å². The van der Waals surface area contributed by atoms with E-state index in [2.05, 4.69) is 78.5 Å². The van der Waals surface area contributed by atoms with E-state index in [1.165, 1.54) is 46.9 Å². The molecule has 3 aromatic rings. The normalized spacial score (nSPS) is 11.2. The predicted octanol–water partition coefficient (Wildman–Crippen LogP) is 5.28. The molecular weight excluding hydrogens is 292 g/mol. The molecule has 0 aliphatic carbocycles. The SMILES string of the molecule is CCCCCNCc1cn(Cc2ccccc2C)c2ccccc12. The first-order valence-electron chi connectivity index (χ1n) is 9.11. The minimum Gasteiger partial charge on any atom is -0.343 e. The van der Waals surface area contributed by atoms with Crippen LogP contribution in [0.1, 0.15) is 42.9 Å². The van der Waals surface area contributed by atoms with Crippen molar-refractivity contribution >= 4 is 10.9 Å². The van der Waals surface area contributed by atoms with Gasteiger partial charge in [0.2, 0.25) is 0 Å². The molecule has 0 spiro atoms. The van der Waals surface area contributed by atoms with Crippen LogP contribution in [-0.4, -0.2) is 11.1 Å². The van der Waals surface area contributed by atoms with Crippen LogP contribution in [0.15, 0.2) is 54.7 Å². The van der Waals surface area contributed by atoms with Crippen LogP contribution in [-0.2, 0) is 13.1 Å². The van der Waals surface area contributed by atoms with Gasteiger partial charge in [0, 0.05) is 30.2 Å². The van der Waals surface area contributed by atoms with Gasteiger partial charge in [-0.15, -0.1) is 0 Å². The maximum absolute atomic E-state index is 3.60. The Morgan fingerprint density at radius 1 is 0.917 bits per heavy atom. The Bertz CT molecular complexity index is 786. The van der Waals surface area contributed by atoms with Gasteiger partial charge in [0.25, 0.3) is 0 Å². The Morgan fingerprint density at radius 3 is 2.54 bits per heavy atom. The fourth-order valence-corrected chi connectivity index (χ4v) is 3.29. The highest BCUT2D eigenvalue weighted by atomic mass is 15.0. The van der Waals surface area contributed by atoms with Crippen molar-refractivity contribution in [2.45, 2.75) is 46.2 Å². The summed E-state index contributed by atoms with van der Waals surface area (Å²) < 4.78 is 2.39. The monoisotopic (exact) mass is 320 g/mol. The van der Waals surface area contributed by atoms with Crippen molar-refractivity contribution in [2.24, 2.45) is 0 Å². The molecule has 0 saturated carbocycles. The zero-order valence-corrected chi connectivity index (χ0v) is 14.9. The van der Waals surface area contributed by atoms with E-state index in [1.807, 2.05) is 0 Å². The molecule has 0 aliphatic heterocycles. The van der Waals surface area contributed by atoms with Gasteiger partial charge in [0.05, 0.1) is 0 Å². The highest BCUT2D eigenvalue weighted by Crippen LogP contribution is 2.23. The number of fused-ring (bicyclic) bond motifs is 1. The van der Waals surface area contributed by atoms with E-state index in [9.17, 15) is 0 Å². The summed E-state index contributed by atoms with van der Waals surface area (Å²) in [6.45, 7) is 7.43. The number of nitrogens with zero attached hydrogens (tertiary/aromatic N) is 1. The maximum atomic E-state index is 3.60. The molecule has 2 heteroatoms. The lowest BCUT2D eigenvalue weighted by Gasteiger charge is -2.08. The van der Waals surface area contributed by atoms with Crippen LogP contribution in [0.3, 0.4) is 0 Å². The van der Waals surface area contributed by atoms with Gasteiger partial charge in [0.1, 0.15) is 0 Å². The van der Waals surface area contributed by atoms with Crippen molar-refractivity contribution in [1.82, 2.24) is 9.88 Å². The van der Waals surface area contributed by atoms with Crippen LogP contribution in [0.2, 0.25) is 0 Å². The zero-order chi connectivity index (χ0) is 16.8. The van der Waals surface area contributed by atoms with Gasteiger partial charge < -0.3 is 9.88 Å². The first-order chi connectivity index (χ1) is 11.8. The van der Waals surface area contributed by atoms with Crippen molar-refractivity contribution in [3.8, 4) is 0 Å². The first-order valence-corrected chi connectivity index (χ1v) is 9.11. The summed E-state index contributed by atoms with van der Waals surface area (Å²) in [7, 11) is 0. The molecule has 0 amide bonds. The molecule has 24 heavy (non-hydrogen) atoms. The molecule has 0 radical (unpaired) electrons. The molecule has 126 valence electrons. The van der Waals surface area contributed by atoms with Crippen LogP contribution < -0.4 is 5.32 Å². The summed E-state index contributed by atoms with van der Waals surface area (Å²) in [6, 6.07) is 17.4. The van der Waals surface area contributed by atoms with E-state index in [0.717, 1.165) is 19.6 Å². The number of aryl methyl sites for hydroxylation is 1. The molecule has 0 saturated heterocycles. The van der Waals surface area contributed by atoms with E-state index >= 15 is 0 Å². The number of hydrogen-bond donors (Lipinski definition) is 1. The molecule has 2 nitrogen and oxygen atoms in total. The van der Waals surface area contributed by atoms with E-state index < -0.39 is 0 Å². The minimum absolute atomic E-state index is 0.934. The number of nitrogens with one attached hydrogen (secondary N) is 1. The molecule has 1 N–H and O–H groups in total. The third-order valence-corrected chi connectivity index (χ3v) is 4.75. The Labute approximate surface area is 145 Å². The van der Waals surface area contributed by atoms with Crippen molar-refractivity contribution in [3.05, 3.63) is 71.4 Å². The van der Waals surface area contributed by atoms with Crippen molar-refractivity contribution in [3.63, 3.8) is 0 Å². The summed E-state index contributed by atoms with van der Waals surface area (Å²) in [5.74, 6) is 0. The fourth-order valence-electron chi connectivity index (χ4n) is 3.29. The number of rotatable bonds is 8. The fraction of sp³-hybridized carbons (Fsp3) is 0.364. The summed E-state index contributed by atoms with van der Waals surface area (Å²) >= 11 is 0. The molecule has 0 fully saturated rings. The molecule has 0 aliphatic rings. The third kappa shape index (κ3) is 3.88. The molecule has 3 rings (SSSR count). The van der Waals surface area contributed by atoms with Crippen LogP contribution >= 0.6 is 0 Å². The number of unbranched alkanes of at least 4 members (excludes halogenated alkanes) is 2. The Balaban J connectivity index is 1.80. The second-order valence-electron chi connectivity index (χ2n) is 6.61. The largest absolute Gasteiger partial charge is 0.343 e.